The SMILES string of the molecule is COc1ccc(NC(=O)/C(C#N)=N/Nc2cccc(C(=O)O)c2)cc1Cl. The molecule has 0 spiro atoms. The molecule has 132 valence electrons. The quantitative estimate of drug-likeness (QED) is 0.529. The first-order valence-electron chi connectivity index (χ1n) is 7.16. The monoisotopic (exact) mass is 372 g/mol. The lowest BCUT2D eigenvalue weighted by Crippen LogP contribution is -2.22. The molecule has 0 saturated heterocycles. The highest BCUT2D eigenvalue weighted by Crippen LogP contribution is 2.27. The average Bonchev–Trinajstić information content (AvgIpc) is 2.62. The molecule has 0 aliphatic rings. The maximum Gasteiger partial charge on any atom is 0.335 e. The summed E-state index contributed by atoms with van der Waals surface area (Å²) in [5.41, 5.74) is 2.75. The molecule has 0 saturated carbocycles. The predicted molar refractivity (Wildman–Crippen MR) is 96.7 cm³/mol. The van der Waals surface area contributed by atoms with Gasteiger partial charge in [-0.3, -0.25) is 10.2 Å². The lowest BCUT2D eigenvalue weighted by molar-refractivity contribution is -0.110. The number of carboxylic acids is 1. The number of benzene rings is 2. The van der Waals surface area contributed by atoms with E-state index in [-0.39, 0.29) is 5.56 Å². The van der Waals surface area contributed by atoms with Crippen LogP contribution >= 0.6 is 11.6 Å². The fourth-order valence-electron chi connectivity index (χ4n) is 1.90. The Morgan fingerprint density at radius 1 is 1.23 bits per heavy atom. The number of methoxy groups -OCH3 is 1. The molecule has 2 rings (SSSR count). The van der Waals surface area contributed by atoms with Crippen LogP contribution in [0.1, 0.15) is 10.4 Å². The third-order valence-electron chi connectivity index (χ3n) is 3.14. The maximum atomic E-state index is 12.1. The average molecular weight is 373 g/mol. The number of hydrogen-bond donors (Lipinski definition) is 3. The molecule has 0 bridgehead atoms. The van der Waals surface area contributed by atoms with E-state index in [0.717, 1.165) is 0 Å². The summed E-state index contributed by atoms with van der Waals surface area (Å²) >= 11 is 5.98. The number of amides is 1. The highest BCUT2D eigenvalue weighted by molar-refractivity contribution is 6.48. The second-order valence-corrected chi connectivity index (χ2v) is 5.28. The van der Waals surface area contributed by atoms with Gasteiger partial charge in [0.1, 0.15) is 11.8 Å². The predicted octanol–water partition coefficient (Wildman–Crippen LogP) is 2.98. The Morgan fingerprint density at radius 2 is 2.00 bits per heavy atom. The molecule has 0 atom stereocenters. The summed E-state index contributed by atoms with van der Waals surface area (Å²) in [5.74, 6) is -1.42. The van der Waals surface area contributed by atoms with Gasteiger partial charge in [-0.05, 0) is 36.4 Å². The maximum absolute atomic E-state index is 12.1. The van der Waals surface area contributed by atoms with Gasteiger partial charge in [0.05, 0.1) is 23.4 Å². The number of halogens is 1. The fraction of sp³-hybridized carbons (Fsp3) is 0.0588. The van der Waals surface area contributed by atoms with Crippen molar-refractivity contribution >= 4 is 40.6 Å². The van der Waals surface area contributed by atoms with Gasteiger partial charge >= 0.3 is 5.97 Å². The number of nitrogens with zero attached hydrogens (tertiary/aromatic N) is 2. The van der Waals surface area contributed by atoms with Gasteiger partial charge < -0.3 is 15.2 Å². The van der Waals surface area contributed by atoms with Crippen molar-refractivity contribution in [3.63, 3.8) is 0 Å². The van der Waals surface area contributed by atoms with Crippen molar-refractivity contribution in [2.24, 2.45) is 5.10 Å². The number of carboxylic acid groups (broad SMARTS) is 1. The van der Waals surface area contributed by atoms with E-state index in [2.05, 4.69) is 15.8 Å². The van der Waals surface area contributed by atoms with E-state index in [4.69, 9.17) is 26.7 Å². The van der Waals surface area contributed by atoms with E-state index in [1.165, 1.54) is 31.4 Å². The van der Waals surface area contributed by atoms with Gasteiger partial charge in [-0.25, -0.2) is 4.79 Å². The second-order valence-electron chi connectivity index (χ2n) is 4.87. The number of ether oxygens (including phenoxy) is 1. The summed E-state index contributed by atoms with van der Waals surface area (Å²) in [4.78, 5) is 23.1. The Morgan fingerprint density at radius 3 is 2.62 bits per heavy atom. The molecule has 0 radical (unpaired) electrons. The molecule has 3 N–H and O–H groups in total. The van der Waals surface area contributed by atoms with Gasteiger partial charge in [0, 0.05) is 5.69 Å². The van der Waals surface area contributed by atoms with Crippen LogP contribution in [0.25, 0.3) is 0 Å². The summed E-state index contributed by atoms with van der Waals surface area (Å²) in [6, 6.07) is 12.0. The number of carbonyl (C=O) groups is 2. The number of anilines is 2. The largest absolute Gasteiger partial charge is 0.495 e. The van der Waals surface area contributed by atoms with Gasteiger partial charge in [0.25, 0.3) is 5.91 Å². The minimum atomic E-state index is -1.10. The highest BCUT2D eigenvalue weighted by atomic mass is 35.5. The van der Waals surface area contributed by atoms with Gasteiger partial charge in [-0.1, -0.05) is 17.7 Å². The number of carbonyl (C=O) groups excluding carboxylic acids is 1. The summed E-state index contributed by atoms with van der Waals surface area (Å²) in [6.07, 6.45) is 0. The van der Waals surface area contributed by atoms with Crippen molar-refractivity contribution in [1.29, 1.82) is 5.26 Å². The molecule has 1 amide bonds. The van der Waals surface area contributed by atoms with Gasteiger partial charge in [-0.2, -0.15) is 10.4 Å². The molecule has 9 heteroatoms. The van der Waals surface area contributed by atoms with E-state index in [0.29, 0.717) is 22.1 Å². The molecule has 0 heterocycles. The fourth-order valence-corrected chi connectivity index (χ4v) is 2.16. The van der Waals surface area contributed by atoms with E-state index in [1.54, 1.807) is 24.3 Å². The van der Waals surface area contributed by atoms with Gasteiger partial charge in [0.15, 0.2) is 0 Å². The Bertz CT molecular complexity index is 921. The Hall–Kier alpha value is -3.57. The molecule has 2 aromatic rings. The molecule has 0 aromatic heterocycles. The number of hydrogen-bond acceptors (Lipinski definition) is 6. The van der Waals surface area contributed by atoms with Crippen molar-refractivity contribution in [3.05, 3.63) is 53.1 Å². The van der Waals surface area contributed by atoms with Crippen molar-refractivity contribution in [3.8, 4) is 11.8 Å². The normalized spacial score (nSPS) is 10.6. The van der Waals surface area contributed by atoms with Crippen LogP contribution in [0, 0.1) is 11.3 Å². The first-order valence-corrected chi connectivity index (χ1v) is 7.54. The van der Waals surface area contributed by atoms with Crippen LogP contribution in [0.3, 0.4) is 0 Å². The van der Waals surface area contributed by atoms with E-state index < -0.39 is 17.6 Å². The molecule has 0 aliphatic heterocycles. The van der Waals surface area contributed by atoms with Gasteiger partial charge in [0.2, 0.25) is 5.71 Å². The second kappa shape index (κ2) is 8.50. The molecule has 26 heavy (non-hydrogen) atoms. The van der Waals surface area contributed by atoms with Crippen LogP contribution in [-0.2, 0) is 4.79 Å². The van der Waals surface area contributed by atoms with Crippen molar-refractivity contribution < 1.29 is 19.4 Å². The minimum Gasteiger partial charge on any atom is -0.495 e. The highest BCUT2D eigenvalue weighted by Gasteiger charge is 2.13. The van der Waals surface area contributed by atoms with Crippen LogP contribution in [0.5, 0.6) is 5.75 Å². The summed E-state index contributed by atoms with van der Waals surface area (Å²) in [5, 5.41) is 24.5. The number of hydrazone groups is 1. The van der Waals surface area contributed by atoms with Crippen molar-refractivity contribution in [1.82, 2.24) is 0 Å². The van der Waals surface area contributed by atoms with Crippen LogP contribution in [-0.4, -0.2) is 29.8 Å². The molecular weight excluding hydrogens is 360 g/mol. The third kappa shape index (κ3) is 4.72. The third-order valence-corrected chi connectivity index (χ3v) is 3.43. The molecule has 0 aliphatic carbocycles. The van der Waals surface area contributed by atoms with Crippen LogP contribution in [0.2, 0.25) is 5.02 Å². The number of nitrogens with one attached hydrogen (secondary N) is 2. The van der Waals surface area contributed by atoms with Crippen molar-refractivity contribution in [2.45, 2.75) is 0 Å². The molecular formula is C17H13ClN4O4. The number of aromatic carboxylic acids is 1. The number of rotatable bonds is 6. The lowest BCUT2D eigenvalue weighted by Gasteiger charge is -2.07. The summed E-state index contributed by atoms with van der Waals surface area (Å²) in [7, 11) is 1.46. The van der Waals surface area contributed by atoms with Crippen LogP contribution < -0.4 is 15.5 Å². The zero-order chi connectivity index (χ0) is 19.1. The zero-order valence-corrected chi connectivity index (χ0v) is 14.2. The first kappa shape index (κ1) is 18.8. The molecule has 2 aromatic carbocycles. The zero-order valence-electron chi connectivity index (χ0n) is 13.5. The lowest BCUT2D eigenvalue weighted by atomic mass is 10.2. The Kier molecular flexibility index (Phi) is 6.14. The summed E-state index contributed by atoms with van der Waals surface area (Å²) < 4.78 is 5.02. The Labute approximate surface area is 153 Å². The van der Waals surface area contributed by atoms with E-state index in [9.17, 15) is 9.59 Å². The molecule has 0 fully saturated rings. The molecule has 0 unspecified atom stereocenters. The topological polar surface area (TPSA) is 124 Å². The smallest absolute Gasteiger partial charge is 0.335 e. The van der Waals surface area contributed by atoms with E-state index in [1.807, 2.05) is 0 Å². The van der Waals surface area contributed by atoms with Crippen LogP contribution in [0.4, 0.5) is 11.4 Å². The van der Waals surface area contributed by atoms with Crippen LogP contribution in [0.15, 0.2) is 47.6 Å². The standard InChI is InChI=1S/C17H13ClN4O4/c1-26-15-6-5-11(8-13(15)18)20-16(23)14(9-19)22-21-12-4-2-3-10(7-12)17(24)25/h2-8,21H,1H3,(H,20,23)(H,24,25)/b22-14+. The van der Waals surface area contributed by atoms with Gasteiger partial charge in [-0.15, -0.1) is 0 Å². The minimum absolute atomic E-state index is 0.0426. The van der Waals surface area contributed by atoms with Crippen molar-refractivity contribution in [2.75, 3.05) is 17.9 Å². The number of nitriles is 1. The summed E-state index contributed by atoms with van der Waals surface area (Å²) in [6.45, 7) is 0. The van der Waals surface area contributed by atoms with E-state index >= 15 is 0 Å². The molecule has 8 nitrogen and oxygen atoms in total. The first-order chi connectivity index (χ1) is 12.4. The Balaban J connectivity index is 2.12.